The summed E-state index contributed by atoms with van der Waals surface area (Å²) in [5.41, 5.74) is 1.28. The predicted octanol–water partition coefficient (Wildman–Crippen LogP) is 4.13. The van der Waals surface area contributed by atoms with Crippen LogP contribution in [0.15, 0.2) is 53.4 Å². The number of ether oxygens (including phenoxy) is 1. The van der Waals surface area contributed by atoms with Gasteiger partial charge in [0.15, 0.2) is 0 Å². The van der Waals surface area contributed by atoms with Crippen LogP contribution in [0.2, 0.25) is 0 Å². The quantitative estimate of drug-likeness (QED) is 0.630. The number of benzene rings is 2. The minimum atomic E-state index is -3.96. The fourth-order valence-corrected chi connectivity index (χ4v) is 4.17. The van der Waals surface area contributed by atoms with Gasteiger partial charge in [0.25, 0.3) is 10.0 Å². The molecule has 0 spiro atoms. The summed E-state index contributed by atoms with van der Waals surface area (Å²) in [5, 5.41) is -0.757. The minimum Gasteiger partial charge on any atom is -0.494 e. The maximum absolute atomic E-state index is 13.1. The fourth-order valence-electron chi connectivity index (χ4n) is 2.40. The Bertz CT molecular complexity index is 848. The van der Waals surface area contributed by atoms with Crippen LogP contribution in [-0.2, 0) is 14.8 Å². The number of rotatable bonds is 8. The van der Waals surface area contributed by atoms with Crippen molar-refractivity contribution >= 4 is 32.6 Å². The van der Waals surface area contributed by atoms with E-state index in [0.29, 0.717) is 18.0 Å². The Balaban J connectivity index is 2.46. The molecule has 1 unspecified atom stereocenters. The molecule has 26 heavy (non-hydrogen) atoms. The number of halogens is 1. The lowest BCUT2D eigenvalue weighted by atomic mass is 10.2. The highest BCUT2D eigenvalue weighted by Crippen LogP contribution is 2.29. The van der Waals surface area contributed by atoms with Gasteiger partial charge in [-0.05, 0) is 68.3 Å². The summed E-state index contributed by atoms with van der Waals surface area (Å²) in [6.45, 7) is 5.90. The first kappa shape index (κ1) is 20.3. The number of anilines is 1. The van der Waals surface area contributed by atoms with Crippen LogP contribution < -0.4 is 9.04 Å². The Labute approximate surface area is 159 Å². The summed E-state index contributed by atoms with van der Waals surface area (Å²) in [6.07, 6.45) is 0.869. The van der Waals surface area contributed by atoms with Crippen molar-refractivity contribution in [1.82, 2.24) is 0 Å². The zero-order valence-electron chi connectivity index (χ0n) is 15.0. The molecule has 0 aliphatic heterocycles. The van der Waals surface area contributed by atoms with Crippen LogP contribution in [0, 0.1) is 6.92 Å². The molecule has 0 aliphatic rings. The first-order valence-corrected chi connectivity index (χ1v) is 10.1. The summed E-state index contributed by atoms with van der Waals surface area (Å²) in [7, 11) is -3.96. The van der Waals surface area contributed by atoms with Gasteiger partial charge in [-0.3, -0.25) is 9.10 Å². The number of carbonyl (C=O) groups is 1. The highest BCUT2D eigenvalue weighted by Gasteiger charge is 2.32. The van der Waals surface area contributed by atoms with Gasteiger partial charge in [-0.15, -0.1) is 0 Å². The van der Waals surface area contributed by atoms with Crippen LogP contribution >= 0.6 is 11.6 Å². The Morgan fingerprint density at radius 2 is 1.69 bits per heavy atom. The summed E-state index contributed by atoms with van der Waals surface area (Å²) >= 11 is 5.62. The molecular formula is C19H22ClNO4S. The van der Waals surface area contributed by atoms with Crippen molar-refractivity contribution < 1.29 is 17.9 Å². The molecule has 0 fully saturated rings. The molecule has 0 aromatic heterocycles. The topological polar surface area (TPSA) is 63.7 Å². The molecule has 0 heterocycles. The lowest BCUT2D eigenvalue weighted by Crippen LogP contribution is -2.42. The van der Waals surface area contributed by atoms with Crippen LogP contribution in [0.4, 0.5) is 5.69 Å². The molecule has 0 radical (unpaired) electrons. The van der Waals surface area contributed by atoms with Gasteiger partial charge in [0, 0.05) is 0 Å². The molecule has 0 bridgehead atoms. The SMILES string of the molecule is CCCOc1ccc(N(C(C)C(=O)Cl)S(=O)(=O)c2ccc(C)cc2)cc1. The average Bonchev–Trinajstić information content (AvgIpc) is 2.61. The summed E-state index contributed by atoms with van der Waals surface area (Å²) in [4.78, 5) is 11.8. The van der Waals surface area contributed by atoms with E-state index in [9.17, 15) is 13.2 Å². The van der Waals surface area contributed by atoms with E-state index in [0.717, 1.165) is 16.3 Å². The molecule has 0 N–H and O–H groups in total. The molecule has 140 valence electrons. The Hall–Kier alpha value is -2.05. The van der Waals surface area contributed by atoms with Crippen molar-refractivity contribution in [1.29, 1.82) is 0 Å². The molecule has 0 aliphatic carbocycles. The molecule has 2 aromatic carbocycles. The minimum absolute atomic E-state index is 0.0965. The first-order valence-electron chi connectivity index (χ1n) is 8.30. The second-order valence-corrected chi connectivity index (χ2v) is 8.12. The Morgan fingerprint density at radius 1 is 1.12 bits per heavy atom. The van der Waals surface area contributed by atoms with E-state index in [1.165, 1.54) is 19.1 Å². The van der Waals surface area contributed by atoms with E-state index in [4.69, 9.17) is 16.3 Å². The van der Waals surface area contributed by atoms with E-state index >= 15 is 0 Å². The maximum Gasteiger partial charge on any atom is 0.265 e. The normalized spacial score (nSPS) is 12.5. The van der Waals surface area contributed by atoms with Crippen molar-refractivity contribution in [3.63, 3.8) is 0 Å². The zero-order valence-corrected chi connectivity index (χ0v) is 16.5. The van der Waals surface area contributed by atoms with E-state index < -0.39 is 21.3 Å². The third-order valence-electron chi connectivity index (χ3n) is 3.82. The van der Waals surface area contributed by atoms with E-state index in [2.05, 4.69) is 0 Å². The summed E-state index contributed by atoms with van der Waals surface area (Å²) < 4.78 is 32.8. The van der Waals surface area contributed by atoms with Gasteiger partial charge in [0.1, 0.15) is 11.8 Å². The van der Waals surface area contributed by atoms with Crippen molar-refractivity contribution in [2.75, 3.05) is 10.9 Å². The highest BCUT2D eigenvalue weighted by atomic mass is 35.5. The number of aryl methyl sites for hydroxylation is 1. The molecule has 5 nitrogen and oxygen atoms in total. The number of nitrogens with zero attached hydrogens (tertiary/aromatic N) is 1. The fraction of sp³-hybridized carbons (Fsp3) is 0.316. The molecular weight excluding hydrogens is 374 g/mol. The highest BCUT2D eigenvalue weighted by molar-refractivity contribution is 7.93. The van der Waals surface area contributed by atoms with Gasteiger partial charge in [-0.1, -0.05) is 24.6 Å². The maximum atomic E-state index is 13.1. The van der Waals surface area contributed by atoms with Crippen LogP contribution in [0.5, 0.6) is 5.75 Å². The molecule has 1 atom stereocenters. The van der Waals surface area contributed by atoms with Crippen molar-refractivity contribution in [2.24, 2.45) is 0 Å². The van der Waals surface area contributed by atoms with E-state index in [1.54, 1.807) is 36.4 Å². The molecule has 2 aromatic rings. The molecule has 0 saturated heterocycles. The molecule has 0 saturated carbocycles. The number of hydrogen-bond donors (Lipinski definition) is 0. The van der Waals surface area contributed by atoms with Gasteiger partial charge in [0.2, 0.25) is 5.24 Å². The monoisotopic (exact) mass is 395 g/mol. The second kappa shape index (κ2) is 8.56. The molecule has 7 heteroatoms. The van der Waals surface area contributed by atoms with E-state index in [1.807, 2.05) is 13.8 Å². The standard InChI is InChI=1S/C19H22ClNO4S/c1-4-13-25-17-9-7-16(8-10-17)21(15(3)19(20)22)26(23,24)18-11-5-14(2)6-12-18/h5-12,15H,4,13H2,1-3H3. The molecule has 2 rings (SSSR count). The number of hydrogen-bond acceptors (Lipinski definition) is 4. The Morgan fingerprint density at radius 3 is 2.19 bits per heavy atom. The summed E-state index contributed by atoms with van der Waals surface area (Å²) in [6, 6.07) is 12.0. The van der Waals surface area contributed by atoms with E-state index in [-0.39, 0.29) is 4.90 Å². The summed E-state index contributed by atoms with van der Waals surface area (Å²) in [5.74, 6) is 0.633. The van der Waals surface area contributed by atoms with Crippen LogP contribution in [0.25, 0.3) is 0 Å². The van der Waals surface area contributed by atoms with Gasteiger partial charge >= 0.3 is 0 Å². The lowest BCUT2D eigenvalue weighted by molar-refractivity contribution is -0.112. The molecule has 0 amide bonds. The second-order valence-electron chi connectivity index (χ2n) is 5.94. The lowest BCUT2D eigenvalue weighted by Gasteiger charge is -2.28. The van der Waals surface area contributed by atoms with Crippen LogP contribution in [0.1, 0.15) is 25.8 Å². The van der Waals surface area contributed by atoms with Crippen molar-refractivity contribution in [3.05, 3.63) is 54.1 Å². The Kier molecular flexibility index (Phi) is 6.67. The van der Waals surface area contributed by atoms with Gasteiger partial charge < -0.3 is 4.74 Å². The number of sulfonamides is 1. The van der Waals surface area contributed by atoms with Crippen LogP contribution in [0.3, 0.4) is 0 Å². The number of carbonyl (C=O) groups excluding carboxylic acids is 1. The first-order chi connectivity index (χ1) is 12.3. The smallest absolute Gasteiger partial charge is 0.265 e. The van der Waals surface area contributed by atoms with Crippen molar-refractivity contribution in [3.8, 4) is 5.75 Å². The largest absolute Gasteiger partial charge is 0.494 e. The van der Waals surface area contributed by atoms with Gasteiger partial charge in [0.05, 0.1) is 17.2 Å². The third kappa shape index (κ3) is 4.56. The zero-order chi connectivity index (χ0) is 19.3. The van der Waals surface area contributed by atoms with Gasteiger partial charge in [-0.2, -0.15) is 0 Å². The third-order valence-corrected chi connectivity index (χ3v) is 6.05. The average molecular weight is 396 g/mol. The van der Waals surface area contributed by atoms with Gasteiger partial charge in [-0.25, -0.2) is 8.42 Å². The predicted molar refractivity (Wildman–Crippen MR) is 103 cm³/mol. The van der Waals surface area contributed by atoms with Crippen LogP contribution in [-0.4, -0.2) is 26.3 Å². The van der Waals surface area contributed by atoms with Crippen molar-refractivity contribution in [2.45, 2.75) is 38.1 Å².